The largest absolute Gasteiger partial charge is 0.378 e. The first kappa shape index (κ1) is 17.4. The topological polar surface area (TPSA) is 54.9 Å². The molecule has 3 aliphatic heterocycles. The van der Waals surface area contributed by atoms with Crippen LogP contribution in [0.15, 0.2) is 10.9 Å². The Labute approximate surface area is 153 Å². The third-order valence-electron chi connectivity index (χ3n) is 5.50. The van der Waals surface area contributed by atoms with E-state index < -0.39 is 0 Å². The Kier molecular flexibility index (Phi) is 5.36. The Morgan fingerprint density at radius 2 is 2.28 bits per heavy atom. The van der Waals surface area contributed by atoms with Crippen LogP contribution >= 0.6 is 11.3 Å². The molecule has 3 fully saturated rings. The van der Waals surface area contributed by atoms with Crippen LogP contribution in [0.25, 0.3) is 0 Å². The van der Waals surface area contributed by atoms with Gasteiger partial charge in [-0.2, -0.15) is 0 Å². The van der Waals surface area contributed by atoms with Gasteiger partial charge in [0.2, 0.25) is 5.91 Å². The number of amides is 1. The van der Waals surface area contributed by atoms with Crippen LogP contribution in [0.1, 0.15) is 31.4 Å². The van der Waals surface area contributed by atoms with E-state index in [4.69, 9.17) is 9.47 Å². The Balaban J connectivity index is 1.20. The van der Waals surface area contributed by atoms with Crippen molar-refractivity contribution in [1.29, 1.82) is 0 Å². The van der Waals surface area contributed by atoms with Crippen LogP contribution in [0.5, 0.6) is 0 Å². The first-order valence-corrected chi connectivity index (χ1v) is 10.3. The number of nitrogens with zero attached hydrogens (tertiary/aromatic N) is 3. The molecule has 4 rings (SSSR count). The van der Waals surface area contributed by atoms with Crippen molar-refractivity contribution in [2.45, 2.75) is 43.8 Å². The Bertz CT molecular complexity index is 568. The molecule has 0 bridgehead atoms. The lowest BCUT2D eigenvalue weighted by molar-refractivity contribution is -0.189. The lowest BCUT2D eigenvalue weighted by Gasteiger charge is -2.54. The molecular formula is C18H27N3O3S. The average molecular weight is 365 g/mol. The van der Waals surface area contributed by atoms with Crippen molar-refractivity contribution < 1.29 is 14.3 Å². The zero-order valence-corrected chi connectivity index (χ0v) is 15.5. The molecule has 0 aliphatic carbocycles. The van der Waals surface area contributed by atoms with Crippen LogP contribution < -0.4 is 0 Å². The molecule has 0 saturated carbocycles. The van der Waals surface area contributed by atoms with Crippen LogP contribution in [-0.2, 0) is 20.7 Å². The fourth-order valence-electron chi connectivity index (χ4n) is 4.12. The summed E-state index contributed by atoms with van der Waals surface area (Å²) >= 11 is 1.65. The molecule has 0 aromatic carbocycles. The quantitative estimate of drug-likeness (QED) is 0.766. The van der Waals surface area contributed by atoms with Crippen molar-refractivity contribution in [2.24, 2.45) is 0 Å². The van der Waals surface area contributed by atoms with Gasteiger partial charge in [-0.15, -0.1) is 11.3 Å². The van der Waals surface area contributed by atoms with E-state index in [1.54, 1.807) is 11.3 Å². The zero-order valence-electron chi connectivity index (χ0n) is 14.7. The minimum Gasteiger partial charge on any atom is -0.378 e. The third-order valence-corrected chi connectivity index (χ3v) is 6.13. The van der Waals surface area contributed by atoms with Gasteiger partial charge in [0.05, 0.1) is 30.5 Å². The van der Waals surface area contributed by atoms with Crippen molar-refractivity contribution in [3.8, 4) is 0 Å². The second kappa shape index (κ2) is 7.70. The molecule has 7 heteroatoms. The van der Waals surface area contributed by atoms with Crippen LogP contribution in [0.2, 0.25) is 0 Å². The van der Waals surface area contributed by atoms with E-state index in [0.717, 1.165) is 65.0 Å². The smallest absolute Gasteiger partial charge is 0.222 e. The number of carbonyl (C=O) groups is 1. The van der Waals surface area contributed by atoms with Crippen molar-refractivity contribution in [1.82, 2.24) is 14.8 Å². The number of rotatable bonds is 6. The molecule has 1 aromatic rings. The molecule has 6 nitrogen and oxygen atoms in total. The Hall–Kier alpha value is -1.02. The molecule has 3 aliphatic rings. The summed E-state index contributed by atoms with van der Waals surface area (Å²) in [7, 11) is 0. The molecule has 4 heterocycles. The summed E-state index contributed by atoms with van der Waals surface area (Å²) in [5, 5.41) is 2.11. The van der Waals surface area contributed by atoms with Gasteiger partial charge in [-0.1, -0.05) is 0 Å². The van der Waals surface area contributed by atoms with E-state index in [0.29, 0.717) is 19.1 Å². The summed E-state index contributed by atoms with van der Waals surface area (Å²) in [5.41, 5.74) is 2.92. The molecular weight excluding hydrogens is 338 g/mol. The first-order chi connectivity index (χ1) is 12.2. The maximum Gasteiger partial charge on any atom is 0.222 e. The molecule has 3 saturated heterocycles. The summed E-state index contributed by atoms with van der Waals surface area (Å²) in [6, 6.07) is 0. The Morgan fingerprint density at radius 1 is 1.36 bits per heavy atom. The van der Waals surface area contributed by atoms with Crippen LogP contribution in [-0.4, -0.2) is 78.3 Å². The van der Waals surface area contributed by atoms with Gasteiger partial charge in [0, 0.05) is 51.0 Å². The van der Waals surface area contributed by atoms with Crippen LogP contribution in [0.4, 0.5) is 0 Å². The molecule has 1 unspecified atom stereocenters. The standard InChI is InChI=1S/C18H27N3O3S/c22-17(4-3-16-2-1-8-23-16)21-7-9-24-18(13-21)11-20(12-18)6-5-15-10-25-14-19-15/h10,14,16H,1-9,11-13H2. The fourth-order valence-corrected chi connectivity index (χ4v) is 4.72. The number of likely N-dealkylation sites (tertiary alicyclic amines) is 1. The normalized spacial score (nSPS) is 26.1. The van der Waals surface area contributed by atoms with Gasteiger partial charge in [-0.25, -0.2) is 4.98 Å². The lowest BCUT2D eigenvalue weighted by Crippen LogP contribution is -2.70. The minimum atomic E-state index is -0.139. The van der Waals surface area contributed by atoms with Crippen molar-refractivity contribution >= 4 is 17.2 Å². The summed E-state index contributed by atoms with van der Waals surface area (Å²) < 4.78 is 11.7. The highest BCUT2D eigenvalue weighted by Crippen LogP contribution is 2.30. The highest BCUT2D eigenvalue weighted by atomic mass is 32.1. The second-order valence-corrected chi connectivity index (χ2v) is 8.18. The predicted molar refractivity (Wildman–Crippen MR) is 95.7 cm³/mol. The number of hydrogen-bond acceptors (Lipinski definition) is 6. The fraction of sp³-hybridized carbons (Fsp3) is 0.778. The van der Waals surface area contributed by atoms with Gasteiger partial charge >= 0.3 is 0 Å². The van der Waals surface area contributed by atoms with Crippen molar-refractivity contribution in [3.05, 3.63) is 16.6 Å². The zero-order chi connectivity index (χ0) is 17.1. The molecule has 0 radical (unpaired) electrons. The molecule has 1 atom stereocenters. The number of hydrogen-bond donors (Lipinski definition) is 0. The van der Waals surface area contributed by atoms with E-state index in [1.807, 2.05) is 10.4 Å². The SMILES string of the molecule is O=C(CCC1CCCO1)N1CCOC2(CN(CCc3cscn3)C2)C1. The summed E-state index contributed by atoms with van der Waals surface area (Å²) in [4.78, 5) is 21.3. The van der Waals surface area contributed by atoms with E-state index in [1.165, 1.54) is 5.69 Å². The predicted octanol–water partition coefficient (Wildman–Crippen LogP) is 1.56. The molecule has 1 aromatic heterocycles. The number of thiazole rings is 1. The summed E-state index contributed by atoms with van der Waals surface area (Å²) in [6.45, 7) is 5.85. The first-order valence-electron chi connectivity index (χ1n) is 9.35. The number of ether oxygens (including phenoxy) is 2. The van der Waals surface area contributed by atoms with E-state index in [2.05, 4.69) is 15.3 Å². The van der Waals surface area contributed by atoms with E-state index in [9.17, 15) is 4.79 Å². The lowest BCUT2D eigenvalue weighted by atomic mass is 9.91. The van der Waals surface area contributed by atoms with Gasteiger partial charge in [0.1, 0.15) is 5.60 Å². The molecule has 0 N–H and O–H groups in total. The maximum absolute atomic E-state index is 12.5. The third kappa shape index (κ3) is 4.22. The van der Waals surface area contributed by atoms with Gasteiger partial charge in [0.15, 0.2) is 0 Å². The Morgan fingerprint density at radius 3 is 3.04 bits per heavy atom. The van der Waals surface area contributed by atoms with Crippen LogP contribution in [0, 0.1) is 0 Å². The highest BCUT2D eigenvalue weighted by Gasteiger charge is 2.47. The van der Waals surface area contributed by atoms with Gasteiger partial charge in [-0.3, -0.25) is 9.69 Å². The van der Waals surface area contributed by atoms with Gasteiger partial charge in [-0.05, 0) is 19.3 Å². The molecule has 1 spiro atoms. The molecule has 1 amide bonds. The van der Waals surface area contributed by atoms with Crippen LogP contribution in [0.3, 0.4) is 0 Å². The monoisotopic (exact) mass is 365 g/mol. The average Bonchev–Trinajstić information content (AvgIpc) is 3.29. The molecule has 138 valence electrons. The summed E-state index contributed by atoms with van der Waals surface area (Å²) in [5.74, 6) is 0.263. The number of aromatic nitrogens is 1. The van der Waals surface area contributed by atoms with Crippen molar-refractivity contribution in [2.75, 3.05) is 45.9 Å². The second-order valence-electron chi connectivity index (χ2n) is 7.46. The summed E-state index contributed by atoms with van der Waals surface area (Å²) in [6.07, 6.45) is 5.00. The minimum absolute atomic E-state index is 0.139. The van der Waals surface area contributed by atoms with E-state index in [-0.39, 0.29) is 11.5 Å². The van der Waals surface area contributed by atoms with E-state index >= 15 is 0 Å². The number of morpholine rings is 1. The number of carbonyl (C=O) groups excluding carboxylic acids is 1. The maximum atomic E-state index is 12.5. The highest BCUT2D eigenvalue weighted by molar-refractivity contribution is 7.07. The molecule has 25 heavy (non-hydrogen) atoms. The van der Waals surface area contributed by atoms with Crippen molar-refractivity contribution in [3.63, 3.8) is 0 Å². The van der Waals surface area contributed by atoms with Gasteiger partial charge < -0.3 is 14.4 Å². The van der Waals surface area contributed by atoms with Gasteiger partial charge in [0.25, 0.3) is 0 Å².